The molecule has 2 heterocycles. The Balaban J connectivity index is 1.66. The highest BCUT2D eigenvalue weighted by Crippen LogP contribution is 2.38. The molecule has 0 spiro atoms. The van der Waals surface area contributed by atoms with E-state index in [2.05, 4.69) is 10.2 Å². The Morgan fingerprint density at radius 3 is 2.44 bits per heavy atom. The van der Waals surface area contributed by atoms with Crippen molar-refractivity contribution in [1.82, 2.24) is 20.0 Å². The normalized spacial score (nSPS) is 21.5. The Bertz CT molecular complexity index is 1000. The maximum absolute atomic E-state index is 13.2. The van der Waals surface area contributed by atoms with E-state index in [1.165, 1.54) is 0 Å². The summed E-state index contributed by atoms with van der Waals surface area (Å²) >= 11 is 12.7. The number of nitrogens with zero attached hydrogens (tertiary/aromatic N) is 3. The van der Waals surface area contributed by atoms with Crippen LogP contribution < -0.4 is 5.32 Å². The van der Waals surface area contributed by atoms with Gasteiger partial charge in [-0.05, 0) is 38.3 Å². The van der Waals surface area contributed by atoms with Crippen LogP contribution in [0.2, 0.25) is 10.0 Å². The maximum Gasteiger partial charge on any atom is 0.338 e. The zero-order valence-electron chi connectivity index (χ0n) is 19.5. The van der Waals surface area contributed by atoms with Crippen LogP contribution in [0.4, 0.5) is 4.79 Å². The molecule has 2 fully saturated rings. The molecule has 184 valence electrons. The molecule has 8 nitrogen and oxygen atoms in total. The summed E-state index contributed by atoms with van der Waals surface area (Å²) in [4.78, 5) is 44.4. The summed E-state index contributed by atoms with van der Waals surface area (Å²) in [6.07, 6.45) is 1.98. The Hall–Kier alpha value is -2.29. The smallest absolute Gasteiger partial charge is 0.338 e. The minimum Gasteiger partial charge on any atom is -0.463 e. The van der Waals surface area contributed by atoms with Crippen molar-refractivity contribution in [2.24, 2.45) is 5.92 Å². The minimum atomic E-state index is -0.784. The van der Waals surface area contributed by atoms with Crippen LogP contribution >= 0.6 is 23.2 Å². The van der Waals surface area contributed by atoms with Gasteiger partial charge in [-0.2, -0.15) is 0 Å². The van der Waals surface area contributed by atoms with Gasteiger partial charge < -0.3 is 15.0 Å². The fourth-order valence-electron chi connectivity index (χ4n) is 4.56. The van der Waals surface area contributed by atoms with E-state index < -0.39 is 12.0 Å². The van der Waals surface area contributed by atoms with Crippen molar-refractivity contribution in [3.63, 3.8) is 0 Å². The summed E-state index contributed by atoms with van der Waals surface area (Å²) in [6.45, 7) is 7.19. The van der Waals surface area contributed by atoms with Gasteiger partial charge in [0.1, 0.15) is 0 Å². The van der Waals surface area contributed by atoms with E-state index in [0.29, 0.717) is 61.1 Å². The molecule has 34 heavy (non-hydrogen) atoms. The van der Waals surface area contributed by atoms with Gasteiger partial charge in [-0.15, -0.1) is 0 Å². The van der Waals surface area contributed by atoms with Crippen LogP contribution in [0.15, 0.2) is 29.5 Å². The first-order valence-corrected chi connectivity index (χ1v) is 12.5. The number of ether oxygens (including phenoxy) is 1. The highest BCUT2D eigenvalue weighted by molar-refractivity contribution is 6.42. The molecule has 0 aromatic heterocycles. The molecule has 1 N–H and O–H groups in total. The number of nitrogens with one attached hydrogen (secondary N) is 1. The second kappa shape index (κ2) is 10.5. The molecule has 1 aromatic rings. The van der Waals surface area contributed by atoms with Crippen LogP contribution in [0.3, 0.4) is 0 Å². The Morgan fingerprint density at radius 1 is 1.12 bits per heavy atom. The number of hydrogen-bond acceptors (Lipinski definition) is 5. The lowest BCUT2D eigenvalue weighted by Crippen LogP contribution is -2.54. The molecule has 0 bridgehead atoms. The SMILES string of the molecule is CCOC(=O)C1=C(CN2CCN(C(=O)C3CC3)CC2)N(CC)C(=O)NC1c1cccc(Cl)c1Cl. The summed E-state index contributed by atoms with van der Waals surface area (Å²) in [5.74, 6) is -0.0565. The zero-order chi connectivity index (χ0) is 24.4. The average molecular weight is 509 g/mol. The first-order chi connectivity index (χ1) is 16.3. The van der Waals surface area contributed by atoms with Gasteiger partial charge in [-0.1, -0.05) is 35.3 Å². The van der Waals surface area contributed by atoms with Gasteiger partial charge in [0.05, 0.1) is 28.3 Å². The maximum atomic E-state index is 13.2. The van der Waals surface area contributed by atoms with E-state index in [-0.39, 0.29) is 29.5 Å². The van der Waals surface area contributed by atoms with Crippen molar-refractivity contribution in [1.29, 1.82) is 0 Å². The third-order valence-electron chi connectivity index (χ3n) is 6.53. The fourth-order valence-corrected chi connectivity index (χ4v) is 4.98. The van der Waals surface area contributed by atoms with Gasteiger partial charge >= 0.3 is 12.0 Å². The second-order valence-electron chi connectivity index (χ2n) is 8.73. The van der Waals surface area contributed by atoms with Gasteiger partial charge in [-0.3, -0.25) is 14.6 Å². The number of amides is 3. The van der Waals surface area contributed by atoms with Gasteiger partial charge in [0, 0.05) is 50.9 Å². The fraction of sp³-hybridized carbons (Fsp3) is 0.542. The van der Waals surface area contributed by atoms with Crippen LogP contribution in [-0.2, 0) is 14.3 Å². The molecule has 1 aliphatic carbocycles. The molecule has 1 unspecified atom stereocenters. The topological polar surface area (TPSA) is 82.2 Å². The van der Waals surface area contributed by atoms with E-state index in [9.17, 15) is 14.4 Å². The standard InChI is InChI=1S/C24H30Cl2N4O4/c1-3-30-18(14-28-10-12-29(13-11-28)22(31)15-8-9-15)19(23(32)34-4-2)21(27-24(30)33)16-6-5-7-17(25)20(16)26/h5-7,15,21H,3-4,8-14H2,1-2H3,(H,27,33). The molecule has 1 saturated heterocycles. The quantitative estimate of drug-likeness (QED) is 0.570. The Kier molecular flexibility index (Phi) is 7.70. The number of benzene rings is 1. The van der Waals surface area contributed by atoms with Crippen LogP contribution in [0, 0.1) is 5.92 Å². The van der Waals surface area contributed by atoms with Crippen molar-refractivity contribution in [2.75, 3.05) is 45.9 Å². The lowest BCUT2D eigenvalue weighted by Gasteiger charge is -2.40. The van der Waals surface area contributed by atoms with E-state index in [4.69, 9.17) is 27.9 Å². The number of rotatable bonds is 7. The molecule has 4 rings (SSSR count). The number of piperazine rings is 1. The number of hydrogen-bond donors (Lipinski definition) is 1. The predicted molar refractivity (Wildman–Crippen MR) is 130 cm³/mol. The summed E-state index contributed by atoms with van der Waals surface area (Å²) < 4.78 is 5.41. The number of halogens is 2. The predicted octanol–water partition coefficient (Wildman–Crippen LogP) is 3.45. The number of likely N-dealkylation sites (N-methyl/N-ethyl adjacent to an activating group) is 1. The van der Waals surface area contributed by atoms with Crippen LogP contribution in [0.5, 0.6) is 0 Å². The molecule has 1 atom stereocenters. The summed E-state index contributed by atoms with van der Waals surface area (Å²) in [5, 5.41) is 3.54. The van der Waals surface area contributed by atoms with Crippen molar-refractivity contribution in [2.45, 2.75) is 32.7 Å². The summed E-state index contributed by atoms with van der Waals surface area (Å²) in [7, 11) is 0. The highest BCUT2D eigenvalue weighted by atomic mass is 35.5. The largest absolute Gasteiger partial charge is 0.463 e. The van der Waals surface area contributed by atoms with Crippen LogP contribution in [-0.4, -0.2) is 78.5 Å². The Labute approximate surface area is 209 Å². The minimum absolute atomic E-state index is 0.200. The first kappa shape index (κ1) is 24.8. The number of carbonyl (C=O) groups excluding carboxylic acids is 3. The number of urea groups is 1. The monoisotopic (exact) mass is 508 g/mol. The molecule has 1 aromatic carbocycles. The molecular formula is C24H30Cl2N4O4. The number of carbonyl (C=O) groups is 3. The molecular weight excluding hydrogens is 479 g/mol. The van der Waals surface area contributed by atoms with E-state index in [1.807, 2.05) is 11.8 Å². The van der Waals surface area contributed by atoms with Gasteiger partial charge in [-0.25, -0.2) is 9.59 Å². The second-order valence-corrected chi connectivity index (χ2v) is 9.51. The number of esters is 1. The molecule has 0 radical (unpaired) electrons. The lowest BCUT2D eigenvalue weighted by atomic mass is 9.94. The zero-order valence-corrected chi connectivity index (χ0v) is 21.0. The van der Waals surface area contributed by atoms with E-state index in [1.54, 1.807) is 30.0 Å². The van der Waals surface area contributed by atoms with Gasteiger partial charge in [0.25, 0.3) is 0 Å². The van der Waals surface area contributed by atoms with E-state index >= 15 is 0 Å². The average Bonchev–Trinajstić information content (AvgIpc) is 3.66. The van der Waals surface area contributed by atoms with Crippen molar-refractivity contribution < 1.29 is 19.1 Å². The van der Waals surface area contributed by atoms with Gasteiger partial charge in [0.15, 0.2) is 0 Å². The third-order valence-corrected chi connectivity index (χ3v) is 7.36. The first-order valence-electron chi connectivity index (χ1n) is 11.8. The van der Waals surface area contributed by atoms with Crippen molar-refractivity contribution in [3.05, 3.63) is 45.1 Å². The van der Waals surface area contributed by atoms with Crippen molar-refractivity contribution in [3.8, 4) is 0 Å². The highest BCUT2D eigenvalue weighted by Gasteiger charge is 2.40. The molecule has 3 aliphatic rings. The lowest BCUT2D eigenvalue weighted by molar-refractivity contribution is -0.139. The van der Waals surface area contributed by atoms with Crippen LogP contribution in [0.1, 0.15) is 38.3 Å². The Morgan fingerprint density at radius 2 is 1.82 bits per heavy atom. The summed E-state index contributed by atoms with van der Waals surface area (Å²) in [6, 6.07) is 4.05. The molecule has 1 saturated carbocycles. The van der Waals surface area contributed by atoms with Gasteiger partial charge in [0.2, 0.25) is 5.91 Å². The molecule has 2 aliphatic heterocycles. The molecule has 3 amide bonds. The van der Waals surface area contributed by atoms with E-state index in [0.717, 1.165) is 12.8 Å². The molecule has 10 heteroatoms. The van der Waals surface area contributed by atoms with Crippen LogP contribution in [0.25, 0.3) is 0 Å². The van der Waals surface area contributed by atoms with Crippen molar-refractivity contribution >= 4 is 41.1 Å². The third kappa shape index (κ3) is 5.04. The summed E-state index contributed by atoms with van der Waals surface area (Å²) in [5.41, 5.74) is 1.48.